The van der Waals surface area contributed by atoms with Crippen LogP contribution >= 0.6 is 0 Å². The van der Waals surface area contributed by atoms with Crippen LogP contribution in [0.3, 0.4) is 0 Å². The monoisotopic (exact) mass is 222 g/mol. The Morgan fingerprint density at radius 3 is 2.50 bits per heavy atom. The van der Waals surface area contributed by atoms with E-state index in [1.807, 2.05) is 6.92 Å². The average molecular weight is 222 g/mol. The highest BCUT2D eigenvalue weighted by Gasteiger charge is 2.46. The van der Waals surface area contributed by atoms with Crippen molar-refractivity contribution in [1.82, 2.24) is 10.2 Å². The Morgan fingerprint density at radius 2 is 1.94 bits per heavy atom. The molecule has 0 aromatic rings. The summed E-state index contributed by atoms with van der Waals surface area (Å²) in [6.07, 6.45) is 4.60. The number of rotatable bonds is 3. The minimum absolute atomic E-state index is 0.0251. The number of carbonyl (C=O) groups excluding carboxylic acids is 2. The minimum atomic E-state index is -0.275. The van der Waals surface area contributed by atoms with E-state index in [0.29, 0.717) is 11.8 Å². The lowest BCUT2D eigenvalue weighted by molar-refractivity contribution is -0.149. The maximum absolute atomic E-state index is 12.2. The fraction of sp³-hybridized carbons (Fsp3) is 0.833. The van der Waals surface area contributed by atoms with Gasteiger partial charge in [-0.15, -0.1) is 0 Å². The number of carbonyl (C=O) groups is 2. The third-order valence-electron chi connectivity index (χ3n) is 3.94. The zero-order chi connectivity index (χ0) is 11.3. The number of hydrogen-bond donors (Lipinski definition) is 1. The standard InChI is InChI=1S/C12H18N2O2/c1-7-11(15)13-10(9-4-5-9)12(16)14(7)6-8-2-3-8/h7-10H,2-6H2,1H3,(H,13,15). The molecule has 2 saturated carbocycles. The van der Waals surface area contributed by atoms with Crippen LogP contribution in [0.5, 0.6) is 0 Å². The summed E-state index contributed by atoms with van der Waals surface area (Å²) in [5, 5.41) is 2.87. The van der Waals surface area contributed by atoms with Gasteiger partial charge in [0.25, 0.3) is 0 Å². The first kappa shape index (κ1) is 10.1. The largest absolute Gasteiger partial charge is 0.342 e. The summed E-state index contributed by atoms with van der Waals surface area (Å²) in [5.74, 6) is 1.24. The molecule has 88 valence electrons. The molecule has 4 nitrogen and oxygen atoms in total. The average Bonchev–Trinajstić information content (AvgIpc) is 3.11. The maximum atomic E-state index is 12.2. The van der Waals surface area contributed by atoms with Crippen molar-refractivity contribution < 1.29 is 9.59 Å². The number of amides is 2. The van der Waals surface area contributed by atoms with E-state index in [2.05, 4.69) is 5.32 Å². The van der Waals surface area contributed by atoms with E-state index < -0.39 is 0 Å². The quantitative estimate of drug-likeness (QED) is 0.757. The van der Waals surface area contributed by atoms with Crippen LogP contribution in [0.25, 0.3) is 0 Å². The van der Waals surface area contributed by atoms with E-state index in [4.69, 9.17) is 0 Å². The van der Waals surface area contributed by atoms with Gasteiger partial charge >= 0.3 is 0 Å². The minimum Gasteiger partial charge on any atom is -0.342 e. The lowest BCUT2D eigenvalue weighted by atomic mass is 10.0. The Bertz CT molecular complexity index is 334. The van der Waals surface area contributed by atoms with Crippen molar-refractivity contribution in [2.24, 2.45) is 11.8 Å². The van der Waals surface area contributed by atoms with E-state index in [-0.39, 0.29) is 23.9 Å². The van der Waals surface area contributed by atoms with Crippen molar-refractivity contribution in [3.8, 4) is 0 Å². The van der Waals surface area contributed by atoms with Crippen LogP contribution in [-0.4, -0.2) is 35.3 Å². The van der Waals surface area contributed by atoms with Gasteiger partial charge in [0.2, 0.25) is 11.8 Å². The highest BCUT2D eigenvalue weighted by molar-refractivity contribution is 5.97. The SMILES string of the molecule is CC1C(=O)NC(C2CC2)C(=O)N1CC1CC1. The van der Waals surface area contributed by atoms with Crippen LogP contribution in [0.15, 0.2) is 0 Å². The smallest absolute Gasteiger partial charge is 0.246 e. The van der Waals surface area contributed by atoms with Crippen molar-refractivity contribution >= 4 is 11.8 Å². The van der Waals surface area contributed by atoms with Gasteiger partial charge in [0.15, 0.2) is 0 Å². The number of piperazine rings is 1. The third-order valence-corrected chi connectivity index (χ3v) is 3.94. The van der Waals surface area contributed by atoms with Crippen LogP contribution in [0.1, 0.15) is 32.6 Å². The second-order valence-corrected chi connectivity index (χ2v) is 5.43. The zero-order valence-corrected chi connectivity index (χ0v) is 9.61. The molecule has 1 saturated heterocycles. The summed E-state index contributed by atoms with van der Waals surface area (Å²) in [6.45, 7) is 2.62. The molecule has 0 aromatic carbocycles. The van der Waals surface area contributed by atoms with Gasteiger partial charge in [-0.05, 0) is 44.4 Å². The van der Waals surface area contributed by atoms with Crippen LogP contribution in [0.2, 0.25) is 0 Å². The maximum Gasteiger partial charge on any atom is 0.246 e. The molecule has 1 N–H and O–H groups in total. The van der Waals surface area contributed by atoms with E-state index >= 15 is 0 Å². The molecule has 4 heteroatoms. The van der Waals surface area contributed by atoms with Crippen molar-refractivity contribution in [2.75, 3.05) is 6.54 Å². The molecule has 0 radical (unpaired) electrons. The van der Waals surface area contributed by atoms with Crippen LogP contribution in [0.4, 0.5) is 0 Å². The molecule has 0 spiro atoms. The van der Waals surface area contributed by atoms with Crippen molar-refractivity contribution in [2.45, 2.75) is 44.7 Å². The molecule has 16 heavy (non-hydrogen) atoms. The van der Waals surface area contributed by atoms with Crippen LogP contribution in [-0.2, 0) is 9.59 Å². The normalized spacial score (nSPS) is 35.2. The molecular formula is C12H18N2O2. The third kappa shape index (κ3) is 1.70. The first-order valence-electron chi connectivity index (χ1n) is 6.27. The number of hydrogen-bond acceptors (Lipinski definition) is 2. The van der Waals surface area contributed by atoms with E-state index in [9.17, 15) is 9.59 Å². The molecule has 1 aliphatic heterocycles. The van der Waals surface area contributed by atoms with E-state index in [1.165, 1.54) is 12.8 Å². The summed E-state index contributed by atoms with van der Waals surface area (Å²) >= 11 is 0. The molecule has 1 heterocycles. The molecule has 3 aliphatic rings. The lowest BCUT2D eigenvalue weighted by Gasteiger charge is -2.37. The summed E-state index contributed by atoms with van der Waals surface area (Å²) in [5.41, 5.74) is 0. The number of nitrogens with one attached hydrogen (secondary N) is 1. The first-order valence-corrected chi connectivity index (χ1v) is 6.27. The molecule has 0 aromatic heterocycles. The molecule has 3 fully saturated rings. The lowest BCUT2D eigenvalue weighted by Crippen LogP contribution is -2.63. The second kappa shape index (κ2) is 3.47. The fourth-order valence-electron chi connectivity index (χ4n) is 2.42. The van der Waals surface area contributed by atoms with Gasteiger partial charge in [-0.3, -0.25) is 9.59 Å². The second-order valence-electron chi connectivity index (χ2n) is 5.43. The van der Waals surface area contributed by atoms with Crippen molar-refractivity contribution in [3.05, 3.63) is 0 Å². The van der Waals surface area contributed by atoms with Gasteiger partial charge in [0, 0.05) is 6.54 Å². The van der Waals surface area contributed by atoms with Gasteiger partial charge in [0.1, 0.15) is 12.1 Å². The molecule has 2 aliphatic carbocycles. The predicted molar refractivity (Wildman–Crippen MR) is 58.6 cm³/mol. The van der Waals surface area contributed by atoms with Gasteiger partial charge in [0.05, 0.1) is 0 Å². The highest BCUT2D eigenvalue weighted by atomic mass is 16.2. The Labute approximate surface area is 95.4 Å². The molecular weight excluding hydrogens is 204 g/mol. The van der Waals surface area contributed by atoms with E-state index in [0.717, 1.165) is 19.4 Å². The van der Waals surface area contributed by atoms with Gasteiger partial charge in [-0.25, -0.2) is 0 Å². The molecule has 2 atom stereocenters. The van der Waals surface area contributed by atoms with E-state index in [1.54, 1.807) is 4.90 Å². The Balaban J connectivity index is 1.75. The summed E-state index contributed by atoms with van der Waals surface area (Å²) in [4.78, 5) is 25.8. The van der Waals surface area contributed by atoms with Crippen molar-refractivity contribution in [1.29, 1.82) is 0 Å². The topological polar surface area (TPSA) is 49.4 Å². The van der Waals surface area contributed by atoms with Crippen LogP contribution < -0.4 is 5.32 Å². The summed E-state index contributed by atoms with van der Waals surface area (Å²) in [6, 6.07) is -0.495. The van der Waals surface area contributed by atoms with Gasteiger partial charge in [-0.1, -0.05) is 0 Å². The Hall–Kier alpha value is -1.06. The van der Waals surface area contributed by atoms with Crippen molar-refractivity contribution in [3.63, 3.8) is 0 Å². The Kier molecular flexibility index (Phi) is 2.19. The van der Waals surface area contributed by atoms with Gasteiger partial charge < -0.3 is 10.2 Å². The summed E-state index contributed by atoms with van der Waals surface area (Å²) < 4.78 is 0. The van der Waals surface area contributed by atoms with Gasteiger partial charge in [-0.2, -0.15) is 0 Å². The first-order chi connectivity index (χ1) is 7.66. The molecule has 2 amide bonds. The summed E-state index contributed by atoms with van der Waals surface area (Å²) in [7, 11) is 0. The Morgan fingerprint density at radius 1 is 1.25 bits per heavy atom. The fourth-order valence-corrected chi connectivity index (χ4v) is 2.42. The zero-order valence-electron chi connectivity index (χ0n) is 9.61. The molecule has 2 unspecified atom stereocenters. The highest BCUT2D eigenvalue weighted by Crippen LogP contribution is 2.36. The molecule has 0 bridgehead atoms. The molecule has 3 rings (SSSR count). The van der Waals surface area contributed by atoms with Crippen LogP contribution in [0, 0.1) is 11.8 Å². The number of nitrogens with zero attached hydrogens (tertiary/aromatic N) is 1. The predicted octanol–water partition coefficient (Wildman–Crippen LogP) is 0.522.